The summed E-state index contributed by atoms with van der Waals surface area (Å²) in [6.07, 6.45) is 0. The number of aromatic nitrogens is 2. The fourth-order valence-electron chi connectivity index (χ4n) is 1.35. The number of H-pyrrole nitrogens is 1. The van der Waals surface area contributed by atoms with Gasteiger partial charge in [0, 0.05) is 23.7 Å². The van der Waals surface area contributed by atoms with Crippen LogP contribution in [0.3, 0.4) is 0 Å². The minimum Gasteiger partial charge on any atom is -0.325 e. The van der Waals surface area contributed by atoms with Crippen LogP contribution in [0.5, 0.6) is 0 Å². The molecule has 0 fully saturated rings. The van der Waals surface area contributed by atoms with E-state index < -0.39 is 11.5 Å². The molecule has 0 saturated heterocycles. The molecule has 1 aromatic carbocycles. The SMILES string of the molecule is NCc1[nH]c(=O)nc2cc(F)ccc12. The third-order valence-electron chi connectivity index (χ3n) is 1.97. The van der Waals surface area contributed by atoms with Gasteiger partial charge < -0.3 is 10.7 Å². The van der Waals surface area contributed by atoms with E-state index in [1.54, 1.807) is 6.07 Å². The molecule has 0 aliphatic carbocycles. The van der Waals surface area contributed by atoms with Crippen LogP contribution in [0, 0.1) is 5.82 Å². The summed E-state index contributed by atoms with van der Waals surface area (Å²) in [6.45, 7) is 0.194. The molecule has 1 heterocycles. The van der Waals surface area contributed by atoms with Crippen LogP contribution in [0.15, 0.2) is 23.0 Å². The smallest absolute Gasteiger partial charge is 0.325 e. The average Bonchev–Trinajstić information content (AvgIpc) is 2.15. The van der Waals surface area contributed by atoms with Gasteiger partial charge in [-0.3, -0.25) is 0 Å². The van der Waals surface area contributed by atoms with Gasteiger partial charge in [-0.15, -0.1) is 0 Å². The molecule has 4 nitrogen and oxygen atoms in total. The summed E-state index contributed by atoms with van der Waals surface area (Å²) in [5.41, 5.74) is 5.82. The molecule has 0 spiro atoms. The maximum Gasteiger partial charge on any atom is 0.345 e. The number of rotatable bonds is 1. The molecule has 0 radical (unpaired) electrons. The number of nitrogens with one attached hydrogen (secondary N) is 1. The van der Waals surface area contributed by atoms with Gasteiger partial charge in [0.25, 0.3) is 0 Å². The minimum absolute atomic E-state index is 0.194. The van der Waals surface area contributed by atoms with Crippen molar-refractivity contribution in [2.45, 2.75) is 6.54 Å². The lowest BCUT2D eigenvalue weighted by Crippen LogP contribution is -2.15. The van der Waals surface area contributed by atoms with Crippen molar-refractivity contribution >= 4 is 10.9 Å². The Morgan fingerprint density at radius 1 is 1.50 bits per heavy atom. The van der Waals surface area contributed by atoms with Gasteiger partial charge in [0.05, 0.1) is 5.52 Å². The molecule has 0 saturated carbocycles. The summed E-state index contributed by atoms with van der Waals surface area (Å²) >= 11 is 0. The summed E-state index contributed by atoms with van der Waals surface area (Å²) in [6, 6.07) is 4.07. The van der Waals surface area contributed by atoms with Crippen molar-refractivity contribution in [1.82, 2.24) is 9.97 Å². The molecule has 0 aliphatic heterocycles. The summed E-state index contributed by atoms with van der Waals surface area (Å²) in [5.74, 6) is -0.418. The van der Waals surface area contributed by atoms with Crippen molar-refractivity contribution < 1.29 is 4.39 Å². The normalized spacial score (nSPS) is 10.7. The molecule has 5 heteroatoms. The standard InChI is InChI=1S/C9H8FN3O/c10-5-1-2-6-7(3-5)12-9(14)13-8(6)4-11/h1-3H,4,11H2,(H,12,13,14). The van der Waals surface area contributed by atoms with Crippen molar-refractivity contribution in [3.8, 4) is 0 Å². The Morgan fingerprint density at radius 2 is 2.29 bits per heavy atom. The van der Waals surface area contributed by atoms with E-state index in [-0.39, 0.29) is 6.54 Å². The van der Waals surface area contributed by atoms with Crippen LogP contribution < -0.4 is 11.4 Å². The van der Waals surface area contributed by atoms with Crippen LogP contribution in [0.1, 0.15) is 5.69 Å². The van der Waals surface area contributed by atoms with Gasteiger partial charge in [-0.1, -0.05) is 0 Å². The number of aromatic amines is 1. The monoisotopic (exact) mass is 193 g/mol. The second-order valence-electron chi connectivity index (χ2n) is 2.89. The zero-order chi connectivity index (χ0) is 10.1. The Hall–Kier alpha value is -1.75. The highest BCUT2D eigenvalue weighted by Gasteiger charge is 2.03. The average molecular weight is 193 g/mol. The predicted octanol–water partition coefficient (Wildman–Crippen LogP) is 0.521. The maximum absolute atomic E-state index is 12.8. The predicted molar refractivity (Wildman–Crippen MR) is 50.2 cm³/mol. The first kappa shape index (κ1) is 8.83. The third kappa shape index (κ3) is 1.38. The van der Waals surface area contributed by atoms with E-state index in [1.165, 1.54) is 12.1 Å². The molecular formula is C9H8FN3O. The largest absolute Gasteiger partial charge is 0.345 e. The van der Waals surface area contributed by atoms with Gasteiger partial charge in [0.2, 0.25) is 0 Å². The molecule has 72 valence electrons. The molecule has 1 aromatic heterocycles. The highest BCUT2D eigenvalue weighted by Crippen LogP contribution is 2.13. The molecule has 14 heavy (non-hydrogen) atoms. The van der Waals surface area contributed by atoms with Gasteiger partial charge in [0.15, 0.2) is 0 Å². The Balaban J connectivity index is 2.87. The number of hydrogen-bond donors (Lipinski definition) is 2. The van der Waals surface area contributed by atoms with Crippen LogP contribution in [0.25, 0.3) is 10.9 Å². The molecule has 3 N–H and O–H groups in total. The Bertz CT molecular complexity index is 535. The summed E-state index contributed by atoms with van der Waals surface area (Å²) in [4.78, 5) is 17.2. The molecule has 0 unspecified atom stereocenters. The highest BCUT2D eigenvalue weighted by atomic mass is 19.1. The van der Waals surface area contributed by atoms with Gasteiger partial charge >= 0.3 is 5.69 Å². The highest BCUT2D eigenvalue weighted by molar-refractivity contribution is 5.80. The zero-order valence-electron chi connectivity index (χ0n) is 7.25. The van der Waals surface area contributed by atoms with E-state index in [1.807, 2.05) is 0 Å². The minimum atomic E-state index is -0.511. The molecule has 2 aromatic rings. The summed E-state index contributed by atoms with van der Waals surface area (Å²) < 4.78 is 12.8. The zero-order valence-corrected chi connectivity index (χ0v) is 7.25. The Kier molecular flexibility index (Phi) is 2.01. The van der Waals surface area contributed by atoms with Gasteiger partial charge in [-0.25, -0.2) is 9.18 Å². The number of benzene rings is 1. The fourth-order valence-corrected chi connectivity index (χ4v) is 1.35. The van der Waals surface area contributed by atoms with Crippen molar-refractivity contribution in [2.75, 3.05) is 0 Å². The van der Waals surface area contributed by atoms with Crippen LogP contribution in [-0.2, 0) is 6.54 Å². The topological polar surface area (TPSA) is 71.8 Å². The van der Waals surface area contributed by atoms with Crippen molar-refractivity contribution in [1.29, 1.82) is 0 Å². The Labute approximate surface area is 78.6 Å². The van der Waals surface area contributed by atoms with Crippen LogP contribution in [-0.4, -0.2) is 9.97 Å². The first-order chi connectivity index (χ1) is 6.70. The van der Waals surface area contributed by atoms with E-state index >= 15 is 0 Å². The number of fused-ring (bicyclic) bond motifs is 1. The first-order valence-corrected chi connectivity index (χ1v) is 4.09. The van der Waals surface area contributed by atoms with E-state index in [2.05, 4.69) is 9.97 Å². The number of hydrogen-bond acceptors (Lipinski definition) is 3. The van der Waals surface area contributed by atoms with E-state index in [9.17, 15) is 9.18 Å². The lowest BCUT2D eigenvalue weighted by atomic mass is 10.2. The summed E-state index contributed by atoms with van der Waals surface area (Å²) in [7, 11) is 0. The number of halogens is 1. The van der Waals surface area contributed by atoms with Crippen LogP contribution >= 0.6 is 0 Å². The van der Waals surface area contributed by atoms with Crippen molar-refractivity contribution in [2.24, 2.45) is 5.73 Å². The van der Waals surface area contributed by atoms with E-state index in [0.29, 0.717) is 16.6 Å². The third-order valence-corrected chi connectivity index (χ3v) is 1.97. The molecule has 0 amide bonds. The van der Waals surface area contributed by atoms with E-state index in [4.69, 9.17) is 5.73 Å². The maximum atomic E-state index is 12.8. The fraction of sp³-hybridized carbons (Fsp3) is 0.111. The van der Waals surface area contributed by atoms with Crippen molar-refractivity contribution in [3.63, 3.8) is 0 Å². The van der Waals surface area contributed by atoms with E-state index in [0.717, 1.165) is 0 Å². The molecular weight excluding hydrogens is 185 g/mol. The lowest BCUT2D eigenvalue weighted by Gasteiger charge is -2.02. The lowest BCUT2D eigenvalue weighted by molar-refractivity contribution is 0.629. The molecule has 0 atom stereocenters. The van der Waals surface area contributed by atoms with Crippen LogP contribution in [0.2, 0.25) is 0 Å². The van der Waals surface area contributed by atoms with Gasteiger partial charge in [-0.2, -0.15) is 4.98 Å². The number of nitrogens with zero attached hydrogens (tertiary/aromatic N) is 1. The van der Waals surface area contributed by atoms with Crippen LogP contribution in [0.4, 0.5) is 4.39 Å². The van der Waals surface area contributed by atoms with Gasteiger partial charge in [-0.05, 0) is 12.1 Å². The second kappa shape index (κ2) is 3.19. The molecule has 0 aliphatic rings. The first-order valence-electron chi connectivity index (χ1n) is 4.09. The number of nitrogens with two attached hydrogens (primary N) is 1. The molecule has 2 rings (SSSR count). The quantitative estimate of drug-likeness (QED) is 0.693. The van der Waals surface area contributed by atoms with Gasteiger partial charge in [0.1, 0.15) is 5.82 Å². The van der Waals surface area contributed by atoms with Crippen molar-refractivity contribution in [3.05, 3.63) is 40.2 Å². The Morgan fingerprint density at radius 3 is 3.00 bits per heavy atom. The second-order valence-corrected chi connectivity index (χ2v) is 2.89. The summed E-state index contributed by atoms with van der Waals surface area (Å²) in [5, 5.41) is 0.675. The molecule has 0 bridgehead atoms.